The molecule has 0 radical (unpaired) electrons. The van der Waals surface area contributed by atoms with Gasteiger partial charge in [0.05, 0.1) is 0 Å². The predicted molar refractivity (Wildman–Crippen MR) is 81.7 cm³/mol. The summed E-state index contributed by atoms with van der Waals surface area (Å²) in [6.07, 6.45) is 7.08. The Morgan fingerprint density at radius 3 is 2.43 bits per heavy atom. The fourth-order valence-corrected chi connectivity index (χ4v) is 2.49. The number of nitrogens with one attached hydrogen (secondary N) is 2. The fraction of sp³-hybridized carbons (Fsp3) is 0.812. The lowest BCUT2D eigenvalue weighted by Crippen LogP contribution is -2.39. The summed E-state index contributed by atoms with van der Waals surface area (Å²) in [5.41, 5.74) is 0. The van der Waals surface area contributed by atoms with Crippen LogP contribution in [0.25, 0.3) is 0 Å². The highest BCUT2D eigenvalue weighted by Gasteiger charge is 2.17. The molecule has 1 fully saturated rings. The van der Waals surface area contributed by atoms with Crippen LogP contribution in [0.5, 0.6) is 0 Å². The Labute approximate surface area is 127 Å². The molecule has 2 amide bonds. The van der Waals surface area contributed by atoms with Gasteiger partial charge in [0, 0.05) is 25.4 Å². The average Bonchev–Trinajstić information content (AvgIpc) is 2.47. The van der Waals surface area contributed by atoms with Gasteiger partial charge in [-0.15, -0.1) is 0 Å². The van der Waals surface area contributed by atoms with Gasteiger partial charge in [0.25, 0.3) is 5.91 Å². The Hall–Kier alpha value is -1.39. The van der Waals surface area contributed by atoms with Crippen LogP contribution in [0.15, 0.2) is 0 Å². The first-order valence-electron chi connectivity index (χ1n) is 8.13. The molecule has 0 aliphatic heterocycles. The van der Waals surface area contributed by atoms with Gasteiger partial charge in [-0.3, -0.25) is 14.4 Å². The summed E-state index contributed by atoms with van der Waals surface area (Å²) < 4.78 is 0. The van der Waals surface area contributed by atoms with E-state index in [-0.39, 0.29) is 37.3 Å². The lowest BCUT2D eigenvalue weighted by Gasteiger charge is -2.22. The Balaban J connectivity index is 2.15. The van der Waals surface area contributed by atoms with Crippen molar-refractivity contribution in [2.75, 3.05) is 6.54 Å². The molecule has 1 unspecified atom stereocenters. The number of Topliss-reactive ketones (excluding diaryl/α,β-unsaturated/α-hetero) is 1. The number of amides is 2. The fourth-order valence-electron chi connectivity index (χ4n) is 2.49. The minimum atomic E-state index is -0.569. The maximum absolute atomic E-state index is 11.7. The van der Waals surface area contributed by atoms with Crippen molar-refractivity contribution in [2.45, 2.75) is 71.3 Å². The highest BCUT2D eigenvalue weighted by molar-refractivity contribution is 6.36. The molecule has 1 saturated carbocycles. The molecule has 21 heavy (non-hydrogen) atoms. The monoisotopic (exact) mass is 296 g/mol. The maximum Gasteiger partial charge on any atom is 0.287 e. The van der Waals surface area contributed by atoms with E-state index in [0.29, 0.717) is 0 Å². The Kier molecular flexibility index (Phi) is 8.01. The van der Waals surface area contributed by atoms with Crippen molar-refractivity contribution in [3.8, 4) is 0 Å². The minimum Gasteiger partial charge on any atom is -0.353 e. The molecule has 0 aromatic carbocycles. The van der Waals surface area contributed by atoms with Crippen LogP contribution < -0.4 is 10.6 Å². The molecule has 0 heterocycles. The SMILES string of the molecule is CCC(C)CC(=O)C(=O)NCCC(=O)NC1CCCCC1. The van der Waals surface area contributed by atoms with Crippen LogP contribution in [-0.2, 0) is 14.4 Å². The van der Waals surface area contributed by atoms with Gasteiger partial charge >= 0.3 is 0 Å². The predicted octanol–water partition coefficient (Wildman–Crippen LogP) is 1.95. The molecule has 1 atom stereocenters. The summed E-state index contributed by atoms with van der Waals surface area (Å²) in [5.74, 6) is -0.785. The zero-order chi connectivity index (χ0) is 15.7. The Morgan fingerprint density at radius 2 is 1.81 bits per heavy atom. The van der Waals surface area contributed by atoms with E-state index in [2.05, 4.69) is 10.6 Å². The van der Waals surface area contributed by atoms with Crippen LogP contribution in [0.3, 0.4) is 0 Å². The van der Waals surface area contributed by atoms with Gasteiger partial charge in [0.15, 0.2) is 0 Å². The van der Waals surface area contributed by atoms with Crippen LogP contribution in [0.2, 0.25) is 0 Å². The van der Waals surface area contributed by atoms with Crippen molar-refractivity contribution in [3.63, 3.8) is 0 Å². The van der Waals surface area contributed by atoms with E-state index in [0.717, 1.165) is 19.3 Å². The van der Waals surface area contributed by atoms with Crippen molar-refractivity contribution in [1.29, 1.82) is 0 Å². The van der Waals surface area contributed by atoms with Crippen LogP contribution in [0.1, 0.15) is 65.2 Å². The second-order valence-electron chi connectivity index (χ2n) is 6.05. The van der Waals surface area contributed by atoms with Gasteiger partial charge in [-0.2, -0.15) is 0 Å². The van der Waals surface area contributed by atoms with Crippen molar-refractivity contribution < 1.29 is 14.4 Å². The molecule has 1 rings (SSSR count). The molecule has 0 aromatic rings. The molecule has 0 bridgehead atoms. The van der Waals surface area contributed by atoms with E-state index < -0.39 is 11.7 Å². The highest BCUT2D eigenvalue weighted by atomic mass is 16.2. The summed E-state index contributed by atoms with van der Waals surface area (Å²) >= 11 is 0. The van der Waals surface area contributed by atoms with Gasteiger partial charge in [0.1, 0.15) is 0 Å². The number of carbonyl (C=O) groups is 3. The van der Waals surface area contributed by atoms with Crippen molar-refractivity contribution in [2.24, 2.45) is 5.92 Å². The smallest absolute Gasteiger partial charge is 0.287 e. The summed E-state index contributed by atoms with van der Waals surface area (Å²) in [4.78, 5) is 34.9. The summed E-state index contributed by atoms with van der Waals surface area (Å²) in [7, 11) is 0. The Morgan fingerprint density at radius 1 is 1.14 bits per heavy atom. The van der Waals surface area contributed by atoms with Gasteiger partial charge in [-0.25, -0.2) is 0 Å². The molecule has 0 aromatic heterocycles. The molecule has 2 N–H and O–H groups in total. The van der Waals surface area contributed by atoms with Gasteiger partial charge in [0.2, 0.25) is 11.7 Å². The maximum atomic E-state index is 11.7. The summed E-state index contributed by atoms with van der Waals surface area (Å²) in [5, 5.41) is 5.52. The molecule has 0 spiro atoms. The number of carbonyl (C=O) groups excluding carboxylic acids is 3. The normalized spacial score (nSPS) is 17.0. The highest BCUT2D eigenvalue weighted by Crippen LogP contribution is 2.17. The number of rotatable bonds is 8. The van der Waals surface area contributed by atoms with Gasteiger partial charge in [-0.1, -0.05) is 39.5 Å². The second-order valence-corrected chi connectivity index (χ2v) is 6.05. The van der Waals surface area contributed by atoms with Crippen LogP contribution in [0.4, 0.5) is 0 Å². The number of ketones is 1. The van der Waals surface area contributed by atoms with Crippen molar-refractivity contribution in [1.82, 2.24) is 10.6 Å². The van der Waals surface area contributed by atoms with E-state index in [1.165, 1.54) is 19.3 Å². The molecular weight excluding hydrogens is 268 g/mol. The molecule has 1 aliphatic carbocycles. The van der Waals surface area contributed by atoms with E-state index in [1.54, 1.807) is 0 Å². The van der Waals surface area contributed by atoms with Crippen LogP contribution in [-0.4, -0.2) is 30.2 Å². The molecule has 120 valence electrons. The van der Waals surface area contributed by atoms with E-state index in [1.807, 2.05) is 13.8 Å². The third-order valence-electron chi connectivity index (χ3n) is 4.09. The average molecular weight is 296 g/mol. The largest absolute Gasteiger partial charge is 0.353 e. The number of hydrogen-bond acceptors (Lipinski definition) is 3. The third kappa shape index (κ3) is 7.25. The molecule has 1 aliphatic rings. The molecule has 5 nitrogen and oxygen atoms in total. The first kappa shape index (κ1) is 17.7. The lowest BCUT2D eigenvalue weighted by molar-refractivity contribution is -0.138. The quantitative estimate of drug-likeness (QED) is 0.672. The second kappa shape index (κ2) is 9.53. The zero-order valence-electron chi connectivity index (χ0n) is 13.2. The van der Waals surface area contributed by atoms with E-state index in [4.69, 9.17) is 0 Å². The van der Waals surface area contributed by atoms with Crippen molar-refractivity contribution in [3.05, 3.63) is 0 Å². The van der Waals surface area contributed by atoms with Crippen molar-refractivity contribution >= 4 is 17.6 Å². The zero-order valence-corrected chi connectivity index (χ0v) is 13.2. The first-order chi connectivity index (χ1) is 10.0. The lowest BCUT2D eigenvalue weighted by atomic mass is 9.95. The molecular formula is C16H28N2O3. The van der Waals surface area contributed by atoms with Gasteiger partial charge < -0.3 is 10.6 Å². The standard InChI is InChI=1S/C16H28N2O3/c1-3-12(2)11-14(19)16(21)17-10-9-15(20)18-13-7-5-4-6-8-13/h12-13H,3-11H2,1-2H3,(H,17,21)(H,18,20). The summed E-state index contributed by atoms with van der Waals surface area (Å²) in [6.45, 7) is 4.16. The minimum absolute atomic E-state index is 0.0448. The van der Waals surface area contributed by atoms with Gasteiger partial charge in [-0.05, 0) is 18.8 Å². The Bertz CT molecular complexity index is 363. The molecule has 5 heteroatoms. The van der Waals surface area contributed by atoms with Crippen LogP contribution >= 0.6 is 0 Å². The third-order valence-corrected chi connectivity index (χ3v) is 4.09. The topological polar surface area (TPSA) is 75.3 Å². The summed E-state index contributed by atoms with van der Waals surface area (Å²) in [6, 6.07) is 0.286. The van der Waals surface area contributed by atoms with E-state index >= 15 is 0 Å². The first-order valence-corrected chi connectivity index (χ1v) is 8.13. The molecule has 0 saturated heterocycles. The van der Waals surface area contributed by atoms with Crippen LogP contribution in [0, 0.1) is 5.92 Å². The van der Waals surface area contributed by atoms with E-state index in [9.17, 15) is 14.4 Å². The number of hydrogen-bond donors (Lipinski definition) is 2.